The predicted octanol–water partition coefficient (Wildman–Crippen LogP) is 1.75. The summed E-state index contributed by atoms with van der Waals surface area (Å²) in [5, 5.41) is 14.3. The van der Waals surface area contributed by atoms with E-state index in [1.165, 1.54) is 19.2 Å². The molecule has 0 spiro atoms. The van der Waals surface area contributed by atoms with Gasteiger partial charge in [0.2, 0.25) is 5.91 Å². The number of carboxylic acids is 1. The first-order valence-electron chi connectivity index (χ1n) is 6.49. The molecule has 1 fully saturated rings. The first-order chi connectivity index (χ1) is 9.93. The summed E-state index contributed by atoms with van der Waals surface area (Å²) in [6, 6.07) is 4.54. The minimum Gasteiger partial charge on any atom is -0.481 e. The second-order valence-electron chi connectivity index (χ2n) is 4.89. The van der Waals surface area contributed by atoms with E-state index in [1.807, 2.05) is 0 Å². The number of rotatable bonds is 4. The topological polar surface area (TPSA) is 95.5 Å². The fraction of sp³-hybridized carbons (Fsp3) is 0.357. The van der Waals surface area contributed by atoms with Crippen LogP contribution in [0.15, 0.2) is 18.2 Å². The van der Waals surface area contributed by atoms with Gasteiger partial charge >= 0.3 is 5.97 Å². The molecule has 1 aromatic rings. The Morgan fingerprint density at radius 2 is 1.90 bits per heavy atom. The fourth-order valence-electron chi connectivity index (χ4n) is 2.26. The van der Waals surface area contributed by atoms with Gasteiger partial charge in [0.15, 0.2) is 0 Å². The molecule has 1 aliphatic rings. The molecule has 112 valence electrons. The Bertz CT molecular complexity index is 603. The third-order valence-electron chi connectivity index (χ3n) is 3.64. The van der Waals surface area contributed by atoms with Gasteiger partial charge in [0.1, 0.15) is 0 Å². The lowest BCUT2D eigenvalue weighted by Crippen LogP contribution is -2.41. The van der Waals surface area contributed by atoms with Crippen molar-refractivity contribution in [3.63, 3.8) is 0 Å². The third kappa shape index (κ3) is 3.16. The number of aliphatic carboxylic acids is 1. The molecule has 1 aliphatic carbocycles. The van der Waals surface area contributed by atoms with Gasteiger partial charge in [0, 0.05) is 12.7 Å². The van der Waals surface area contributed by atoms with Crippen molar-refractivity contribution in [3.8, 4) is 0 Å². The molecule has 0 aliphatic heterocycles. The van der Waals surface area contributed by atoms with E-state index in [-0.39, 0.29) is 16.8 Å². The lowest BCUT2D eigenvalue weighted by Gasteiger charge is -2.31. The number of carboxylic acid groups (broad SMARTS) is 1. The first-order valence-corrected chi connectivity index (χ1v) is 6.87. The zero-order valence-electron chi connectivity index (χ0n) is 11.4. The highest BCUT2D eigenvalue weighted by Gasteiger charge is 2.41. The zero-order valence-corrected chi connectivity index (χ0v) is 12.1. The van der Waals surface area contributed by atoms with Gasteiger partial charge in [-0.05, 0) is 31.0 Å². The predicted molar refractivity (Wildman–Crippen MR) is 77.3 cm³/mol. The van der Waals surface area contributed by atoms with Gasteiger partial charge in [0.05, 0.1) is 22.4 Å². The molecule has 2 atom stereocenters. The number of carbonyl (C=O) groups excluding carboxylic acids is 2. The van der Waals surface area contributed by atoms with Gasteiger partial charge in [0.25, 0.3) is 5.91 Å². The molecule has 2 rings (SSSR count). The molecule has 1 saturated carbocycles. The Labute approximate surface area is 126 Å². The molecule has 0 radical (unpaired) electrons. The van der Waals surface area contributed by atoms with Gasteiger partial charge in [-0.1, -0.05) is 11.6 Å². The van der Waals surface area contributed by atoms with Crippen LogP contribution in [0, 0.1) is 11.8 Å². The van der Waals surface area contributed by atoms with E-state index in [1.54, 1.807) is 6.07 Å². The summed E-state index contributed by atoms with van der Waals surface area (Å²) < 4.78 is 0. The molecule has 1 aromatic carbocycles. The van der Waals surface area contributed by atoms with E-state index in [0.29, 0.717) is 24.1 Å². The summed E-state index contributed by atoms with van der Waals surface area (Å²) in [7, 11) is 1.50. The van der Waals surface area contributed by atoms with E-state index in [2.05, 4.69) is 10.6 Å². The van der Waals surface area contributed by atoms with Gasteiger partial charge in [-0.15, -0.1) is 0 Å². The molecular formula is C14H15ClN2O4. The Balaban J connectivity index is 2.07. The summed E-state index contributed by atoms with van der Waals surface area (Å²) in [6.45, 7) is 0. The van der Waals surface area contributed by atoms with E-state index in [4.69, 9.17) is 16.7 Å². The van der Waals surface area contributed by atoms with Crippen LogP contribution in [0.2, 0.25) is 5.02 Å². The smallest absolute Gasteiger partial charge is 0.307 e. The van der Waals surface area contributed by atoms with E-state index < -0.39 is 17.8 Å². The Morgan fingerprint density at radius 3 is 2.38 bits per heavy atom. The number of hydrogen-bond acceptors (Lipinski definition) is 3. The number of anilines is 1. The molecule has 0 saturated heterocycles. The average Bonchev–Trinajstić information content (AvgIpc) is 2.35. The number of halogens is 1. The van der Waals surface area contributed by atoms with Gasteiger partial charge in [-0.25, -0.2) is 0 Å². The van der Waals surface area contributed by atoms with Crippen molar-refractivity contribution in [1.29, 1.82) is 0 Å². The molecule has 3 N–H and O–H groups in total. The largest absolute Gasteiger partial charge is 0.481 e. The van der Waals surface area contributed by atoms with Crippen LogP contribution in [0.25, 0.3) is 0 Å². The molecule has 7 heteroatoms. The van der Waals surface area contributed by atoms with E-state index in [9.17, 15) is 14.4 Å². The lowest BCUT2D eigenvalue weighted by atomic mass is 9.73. The Morgan fingerprint density at radius 1 is 1.24 bits per heavy atom. The monoisotopic (exact) mass is 310 g/mol. The Hall–Kier alpha value is -2.08. The molecule has 2 amide bonds. The summed E-state index contributed by atoms with van der Waals surface area (Å²) in [5.41, 5.74) is 0.748. The Kier molecular flexibility index (Phi) is 4.47. The van der Waals surface area contributed by atoms with Crippen LogP contribution in [0.1, 0.15) is 23.2 Å². The minimum absolute atomic E-state index is 0.218. The van der Waals surface area contributed by atoms with Gasteiger partial charge in [-0.3, -0.25) is 14.4 Å². The first kappa shape index (κ1) is 15.3. The van der Waals surface area contributed by atoms with Crippen molar-refractivity contribution < 1.29 is 19.5 Å². The molecule has 0 aromatic heterocycles. The third-order valence-corrected chi connectivity index (χ3v) is 3.95. The van der Waals surface area contributed by atoms with Crippen LogP contribution >= 0.6 is 11.6 Å². The average molecular weight is 311 g/mol. The van der Waals surface area contributed by atoms with Crippen molar-refractivity contribution in [3.05, 3.63) is 28.8 Å². The van der Waals surface area contributed by atoms with Crippen molar-refractivity contribution >= 4 is 35.1 Å². The molecule has 0 bridgehead atoms. The zero-order chi connectivity index (χ0) is 15.6. The van der Waals surface area contributed by atoms with E-state index >= 15 is 0 Å². The SMILES string of the molecule is CNC(=O)c1ccc(NC(=O)C2CCC2C(=O)O)cc1Cl. The highest BCUT2D eigenvalue weighted by Crippen LogP contribution is 2.35. The summed E-state index contributed by atoms with van der Waals surface area (Å²) in [6.07, 6.45) is 1.08. The summed E-state index contributed by atoms with van der Waals surface area (Å²) >= 11 is 5.99. The molecule has 0 heterocycles. The fourth-order valence-corrected chi connectivity index (χ4v) is 2.52. The standard InChI is InChI=1S/C14H15ClN2O4/c1-16-12(18)10-3-2-7(6-11(10)15)17-13(19)8-4-5-9(8)14(20)21/h2-3,6,8-9H,4-5H2,1H3,(H,16,18)(H,17,19)(H,20,21). The molecule has 2 unspecified atom stereocenters. The van der Waals surface area contributed by atoms with Crippen molar-refractivity contribution in [2.75, 3.05) is 12.4 Å². The number of benzene rings is 1. The van der Waals surface area contributed by atoms with Gasteiger partial charge < -0.3 is 15.7 Å². The number of nitrogens with one attached hydrogen (secondary N) is 2. The highest BCUT2D eigenvalue weighted by molar-refractivity contribution is 6.34. The normalized spacial score (nSPS) is 20.3. The lowest BCUT2D eigenvalue weighted by molar-refractivity contribution is -0.151. The van der Waals surface area contributed by atoms with Crippen LogP contribution in [0.5, 0.6) is 0 Å². The van der Waals surface area contributed by atoms with Crippen LogP contribution in [-0.4, -0.2) is 29.9 Å². The van der Waals surface area contributed by atoms with Crippen molar-refractivity contribution in [2.24, 2.45) is 11.8 Å². The van der Waals surface area contributed by atoms with Crippen LogP contribution < -0.4 is 10.6 Å². The molecule has 6 nitrogen and oxygen atoms in total. The second-order valence-corrected chi connectivity index (χ2v) is 5.30. The summed E-state index contributed by atoms with van der Waals surface area (Å²) in [4.78, 5) is 34.4. The maximum absolute atomic E-state index is 12.0. The highest BCUT2D eigenvalue weighted by atomic mass is 35.5. The van der Waals surface area contributed by atoms with Gasteiger partial charge in [-0.2, -0.15) is 0 Å². The van der Waals surface area contributed by atoms with Crippen molar-refractivity contribution in [1.82, 2.24) is 5.32 Å². The van der Waals surface area contributed by atoms with Crippen LogP contribution in [0.3, 0.4) is 0 Å². The number of amides is 2. The summed E-state index contributed by atoms with van der Waals surface area (Å²) in [5.74, 6) is -2.74. The number of carbonyl (C=O) groups is 3. The quantitative estimate of drug-likeness (QED) is 0.789. The minimum atomic E-state index is -0.950. The van der Waals surface area contributed by atoms with Crippen LogP contribution in [0.4, 0.5) is 5.69 Å². The van der Waals surface area contributed by atoms with E-state index in [0.717, 1.165) is 0 Å². The maximum atomic E-state index is 12.0. The molecule has 21 heavy (non-hydrogen) atoms. The van der Waals surface area contributed by atoms with Crippen molar-refractivity contribution in [2.45, 2.75) is 12.8 Å². The second kappa shape index (κ2) is 6.13. The number of hydrogen-bond donors (Lipinski definition) is 3. The van der Waals surface area contributed by atoms with Crippen LogP contribution in [-0.2, 0) is 9.59 Å². The molecular weight excluding hydrogens is 296 g/mol. The maximum Gasteiger partial charge on any atom is 0.307 e.